The molecule has 2 aromatic carbocycles. The lowest BCUT2D eigenvalue weighted by molar-refractivity contribution is 0.246. The molecular weight excluding hydrogens is 400 g/mol. The monoisotopic (exact) mass is 422 g/mol. The fourth-order valence-corrected chi connectivity index (χ4v) is 3.96. The van der Waals surface area contributed by atoms with Crippen molar-refractivity contribution >= 4 is 27.9 Å². The van der Waals surface area contributed by atoms with Crippen molar-refractivity contribution in [2.75, 3.05) is 45.3 Å². The molecule has 0 aliphatic carbocycles. The Hall–Kier alpha value is -3.59. The Morgan fingerprint density at radius 2 is 1.77 bits per heavy atom. The van der Waals surface area contributed by atoms with Gasteiger partial charge >= 0.3 is 0 Å². The second-order valence-electron chi connectivity index (χ2n) is 7.50. The second kappa shape index (κ2) is 7.92. The van der Waals surface area contributed by atoms with Crippen molar-refractivity contribution < 1.29 is 18.5 Å². The van der Waals surface area contributed by atoms with Gasteiger partial charge in [0.25, 0.3) is 0 Å². The number of hydrogen-bond acceptors (Lipinski definition) is 9. The lowest BCUT2D eigenvalue weighted by Crippen LogP contribution is -2.46. The largest absolute Gasteiger partial charge is 0.496 e. The predicted octanol–water partition coefficient (Wildman–Crippen LogP) is 2.67. The average Bonchev–Trinajstić information content (AvgIpc) is 3.26. The Kier molecular flexibility index (Phi) is 4.95. The molecule has 4 aromatic rings. The first kappa shape index (κ1) is 19.4. The molecule has 9 heteroatoms. The third-order valence-corrected chi connectivity index (χ3v) is 5.62. The van der Waals surface area contributed by atoms with E-state index in [-0.39, 0.29) is 5.43 Å². The predicted molar refractivity (Wildman–Crippen MR) is 115 cm³/mol. The van der Waals surface area contributed by atoms with Gasteiger partial charge < -0.3 is 18.8 Å². The Labute approximate surface area is 177 Å². The molecule has 1 saturated heterocycles. The van der Waals surface area contributed by atoms with Crippen LogP contribution in [0.4, 0.5) is 5.88 Å². The molecule has 5 rings (SSSR count). The Morgan fingerprint density at radius 1 is 0.968 bits per heavy atom. The molecule has 1 fully saturated rings. The molecule has 2 aromatic heterocycles. The van der Waals surface area contributed by atoms with E-state index in [2.05, 4.69) is 20.1 Å². The average molecular weight is 422 g/mol. The smallest absolute Gasteiger partial charge is 0.200 e. The van der Waals surface area contributed by atoms with Crippen molar-refractivity contribution in [1.29, 1.82) is 0 Å². The van der Waals surface area contributed by atoms with E-state index in [9.17, 15) is 4.79 Å². The van der Waals surface area contributed by atoms with Gasteiger partial charge in [-0.3, -0.25) is 9.69 Å². The third kappa shape index (κ3) is 3.68. The number of methoxy groups -OCH3 is 2. The van der Waals surface area contributed by atoms with Gasteiger partial charge in [-0.25, -0.2) is 4.63 Å². The highest BCUT2D eigenvalue weighted by molar-refractivity contribution is 5.86. The van der Waals surface area contributed by atoms with Gasteiger partial charge in [-0.1, -0.05) is 6.07 Å². The van der Waals surface area contributed by atoms with E-state index in [0.717, 1.165) is 49.3 Å². The minimum absolute atomic E-state index is 0.132. The number of fused-ring (bicyclic) bond motifs is 2. The van der Waals surface area contributed by atoms with Crippen LogP contribution in [-0.4, -0.2) is 55.6 Å². The lowest BCUT2D eigenvalue weighted by atomic mass is 10.1. The fourth-order valence-electron chi connectivity index (χ4n) is 3.96. The van der Waals surface area contributed by atoms with Crippen molar-refractivity contribution in [1.82, 2.24) is 15.2 Å². The molecule has 9 nitrogen and oxygen atoms in total. The summed E-state index contributed by atoms with van der Waals surface area (Å²) in [6.45, 7) is 4.01. The van der Waals surface area contributed by atoms with Gasteiger partial charge in [-0.05, 0) is 28.0 Å². The van der Waals surface area contributed by atoms with Crippen LogP contribution in [-0.2, 0) is 6.54 Å². The van der Waals surface area contributed by atoms with Crippen molar-refractivity contribution in [3.05, 3.63) is 52.2 Å². The summed E-state index contributed by atoms with van der Waals surface area (Å²) in [4.78, 5) is 17.2. The van der Waals surface area contributed by atoms with Crippen LogP contribution >= 0.6 is 0 Å². The van der Waals surface area contributed by atoms with Crippen molar-refractivity contribution in [3.63, 3.8) is 0 Å². The molecule has 0 bridgehead atoms. The maximum Gasteiger partial charge on any atom is 0.200 e. The molecule has 0 atom stereocenters. The lowest BCUT2D eigenvalue weighted by Gasteiger charge is -2.35. The Bertz CT molecular complexity index is 1290. The molecule has 0 spiro atoms. The summed E-state index contributed by atoms with van der Waals surface area (Å²) in [6, 6.07) is 10.9. The standard InChI is InChI=1S/C22H22N4O5/c1-28-15-10-19(29-2)22-18(27)12-21(30-20(22)11-15)26-7-5-25(6-8-26)13-14-3-4-16-17(9-14)24-31-23-16/h3-4,9-12H,5-8,13H2,1-2H3. The van der Waals surface area contributed by atoms with Crippen LogP contribution in [0.25, 0.3) is 22.0 Å². The number of aromatic nitrogens is 2. The van der Waals surface area contributed by atoms with Gasteiger partial charge in [0, 0.05) is 50.9 Å². The van der Waals surface area contributed by atoms with Gasteiger partial charge in [0.2, 0.25) is 0 Å². The summed E-state index contributed by atoms with van der Waals surface area (Å²) in [5.74, 6) is 1.58. The molecule has 1 aliphatic heterocycles. The molecule has 0 unspecified atom stereocenters. The highest BCUT2D eigenvalue weighted by atomic mass is 16.6. The normalized spacial score (nSPS) is 15.0. The number of rotatable bonds is 5. The summed E-state index contributed by atoms with van der Waals surface area (Å²) in [5.41, 5.74) is 3.00. The maximum absolute atomic E-state index is 12.8. The van der Waals surface area contributed by atoms with Crippen LogP contribution in [0.2, 0.25) is 0 Å². The van der Waals surface area contributed by atoms with Crippen molar-refractivity contribution in [3.8, 4) is 11.5 Å². The number of piperazine rings is 1. The fraction of sp³-hybridized carbons (Fsp3) is 0.318. The van der Waals surface area contributed by atoms with Gasteiger partial charge in [0.05, 0.1) is 14.2 Å². The van der Waals surface area contributed by atoms with Crippen LogP contribution < -0.4 is 19.8 Å². The maximum atomic E-state index is 12.8. The van der Waals surface area contributed by atoms with E-state index in [4.69, 9.17) is 18.5 Å². The molecule has 0 radical (unpaired) electrons. The minimum atomic E-state index is -0.132. The zero-order valence-corrected chi connectivity index (χ0v) is 17.3. The van der Waals surface area contributed by atoms with Crippen LogP contribution in [0.3, 0.4) is 0 Å². The first-order valence-corrected chi connectivity index (χ1v) is 10.0. The van der Waals surface area contributed by atoms with Gasteiger partial charge in [-0.2, -0.15) is 0 Å². The first-order valence-electron chi connectivity index (χ1n) is 10.0. The summed E-state index contributed by atoms with van der Waals surface area (Å²) >= 11 is 0. The molecule has 3 heterocycles. The molecule has 0 amide bonds. The molecule has 1 aliphatic rings. The second-order valence-corrected chi connectivity index (χ2v) is 7.50. The third-order valence-electron chi connectivity index (χ3n) is 5.62. The van der Waals surface area contributed by atoms with E-state index >= 15 is 0 Å². The van der Waals surface area contributed by atoms with E-state index in [1.807, 2.05) is 18.2 Å². The van der Waals surface area contributed by atoms with E-state index in [1.54, 1.807) is 25.3 Å². The summed E-state index contributed by atoms with van der Waals surface area (Å²) < 4.78 is 21.5. The quantitative estimate of drug-likeness (QED) is 0.481. The molecule has 0 saturated carbocycles. The number of anilines is 1. The molecule has 31 heavy (non-hydrogen) atoms. The zero-order chi connectivity index (χ0) is 21.4. The Morgan fingerprint density at radius 3 is 2.55 bits per heavy atom. The number of nitrogens with zero attached hydrogens (tertiary/aromatic N) is 4. The molecule has 0 N–H and O–H groups in total. The highest BCUT2D eigenvalue weighted by Gasteiger charge is 2.21. The topological polar surface area (TPSA) is 94.1 Å². The van der Waals surface area contributed by atoms with Crippen LogP contribution in [0.1, 0.15) is 5.56 Å². The summed E-state index contributed by atoms with van der Waals surface area (Å²) in [7, 11) is 3.09. The van der Waals surface area contributed by atoms with Crippen LogP contribution in [0.15, 0.2) is 50.2 Å². The van der Waals surface area contributed by atoms with E-state index in [1.165, 1.54) is 7.11 Å². The van der Waals surface area contributed by atoms with Gasteiger partial charge in [0.15, 0.2) is 11.3 Å². The van der Waals surface area contributed by atoms with E-state index < -0.39 is 0 Å². The first-order chi connectivity index (χ1) is 15.1. The van der Waals surface area contributed by atoms with Gasteiger partial charge in [0.1, 0.15) is 33.5 Å². The summed E-state index contributed by atoms with van der Waals surface area (Å²) in [5, 5.41) is 8.17. The van der Waals surface area contributed by atoms with Crippen LogP contribution in [0.5, 0.6) is 11.5 Å². The zero-order valence-electron chi connectivity index (χ0n) is 17.3. The number of hydrogen-bond donors (Lipinski definition) is 0. The molecule has 160 valence electrons. The highest BCUT2D eigenvalue weighted by Crippen LogP contribution is 2.31. The number of benzene rings is 2. The number of ether oxygens (including phenoxy) is 2. The van der Waals surface area contributed by atoms with Gasteiger partial charge in [-0.15, -0.1) is 0 Å². The minimum Gasteiger partial charge on any atom is -0.496 e. The van der Waals surface area contributed by atoms with Crippen molar-refractivity contribution in [2.45, 2.75) is 6.54 Å². The summed E-state index contributed by atoms with van der Waals surface area (Å²) in [6.07, 6.45) is 0. The molecular formula is C22H22N4O5. The van der Waals surface area contributed by atoms with Crippen molar-refractivity contribution in [2.24, 2.45) is 0 Å². The Balaban J connectivity index is 1.33. The van der Waals surface area contributed by atoms with E-state index in [0.29, 0.717) is 28.4 Å². The SMILES string of the molecule is COc1cc(OC)c2c(=O)cc(N3CCN(Cc4ccc5nonc5c4)CC3)oc2c1. The van der Waals surface area contributed by atoms with Crippen LogP contribution in [0, 0.1) is 0 Å².